The summed E-state index contributed by atoms with van der Waals surface area (Å²) in [6, 6.07) is 1.19. The van der Waals surface area contributed by atoms with Crippen LogP contribution >= 0.6 is 0 Å². The van der Waals surface area contributed by atoms with Crippen molar-refractivity contribution in [1.82, 2.24) is 10.2 Å². The summed E-state index contributed by atoms with van der Waals surface area (Å²) >= 11 is 0. The predicted molar refractivity (Wildman–Crippen MR) is 60.1 cm³/mol. The monoisotopic (exact) mass is 186 g/mol. The van der Waals surface area contributed by atoms with E-state index < -0.39 is 0 Å². The maximum atomic E-state index is 3.46. The van der Waals surface area contributed by atoms with Crippen molar-refractivity contribution in [2.24, 2.45) is 5.92 Å². The van der Waals surface area contributed by atoms with Gasteiger partial charge in [-0.05, 0) is 33.4 Å². The number of likely N-dealkylation sites (N-methyl/N-ethyl adjacent to an activating group) is 2. The van der Waals surface area contributed by atoms with Gasteiger partial charge >= 0.3 is 0 Å². The van der Waals surface area contributed by atoms with Gasteiger partial charge in [-0.25, -0.2) is 0 Å². The van der Waals surface area contributed by atoms with E-state index in [0.29, 0.717) is 12.1 Å². The topological polar surface area (TPSA) is 15.3 Å². The summed E-state index contributed by atoms with van der Waals surface area (Å²) in [5.41, 5.74) is 0. The average molecular weight is 186 g/mol. The highest BCUT2D eigenvalue weighted by Crippen LogP contribution is 2.04. The van der Waals surface area contributed by atoms with Gasteiger partial charge in [-0.2, -0.15) is 0 Å². The normalized spacial score (nSPS) is 16.6. The molecule has 0 aliphatic rings. The lowest BCUT2D eigenvalue weighted by Crippen LogP contribution is -2.46. The third-order valence-electron chi connectivity index (χ3n) is 2.60. The van der Waals surface area contributed by atoms with E-state index in [2.05, 4.69) is 51.9 Å². The highest BCUT2D eigenvalue weighted by Gasteiger charge is 2.16. The fourth-order valence-electron chi connectivity index (χ4n) is 1.62. The molecule has 0 saturated carbocycles. The lowest BCUT2D eigenvalue weighted by Gasteiger charge is -2.31. The Labute approximate surface area is 83.7 Å². The molecule has 0 aliphatic heterocycles. The first kappa shape index (κ1) is 12.9. The first-order chi connectivity index (χ1) is 5.99. The molecule has 0 rings (SSSR count). The molecule has 0 aromatic rings. The molecule has 0 radical (unpaired) electrons. The van der Waals surface area contributed by atoms with Crippen LogP contribution in [0.5, 0.6) is 0 Å². The first-order valence-electron chi connectivity index (χ1n) is 5.42. The van der Waals surface area contributed by atoms with Crippen molar-refractivity contribution in [3.05, 3.63) is 0 Å². The van der Waals surface area contributed by atoms with E-state index in [-0.39, 0.29) is 0 Å². The number of hydrogen-bond donors (Lipinski definition) is 1. The Morgan fingerprint density at radius 1 is 1.15 bits per heavy atom. The average Bonchev–Trinajstić information content (AvgIpc) is 2.02. The van der Waals surface area contributed by atoms with Crippen LogP contribution in [-0.4, -0.2) is 37.1 Å². The van der Waals surface area contributed by atoms with Crippen LogP contribution in [-0.2, 0) is 0 Å². The Balaban J connectivity index is 3.85. The van der Waals surface area contributed by atoms with Crippen molar-refractivity contribution in [2.45, 2.75) is 46.7 Å². The van der Waals surface area contributed by atoms with Gasteiger partial charge in [0.15, 0.2) is 0 Å². The fourth-order valence-corrected chi connectivity index (χ4v) is 1.62. The van der Waals surface area contributed by atoms with Gasteiger partial charge < -0.3 is 10.2 Å². The van der Waals surface area contributed by atoms with Gasteiger partial charge in [-0.1, -0.05) is 20.8 Å². The first-order valence-corrected chi connectivity index (χ1v) is 5.42. The summed E-state index contributed by atoms with van der Waals surface area (Å²) < 4.78 is 0. The molecule has 0 heterocycles. The quantitative estimate of drug-likeness (QED) is 0.682. The molecule has 0 fully saturated rings. The summed E-state index contributed by atoms with van der Waals surface area (Å²) in [6.45, 7) is 13.5. The van der Waals surface area contributed by atoms with Crippen LogP contribution in [0, 0.1) is 5.92 Å². The number of nitrogens with one attached hydrogen (secondary N) is 1. The second kappa shape index (κ2) is 6.39. The zero-order valence-electron chi connectivity index (χ0n) is 10.1. The minimum Gasteiger partial charge on any atom is -0.313 e. The van der Waals surface area contributed by atoms with Gasteiger partial charge in [0, 0.05) is 18.6 Å². The summed E-state index contributed by atoms with van der Waals surface area (Å²) in [7, 11) is 2.21. The van der Waals surface area contributed by atoms with Crippen molar-refractivity contribution in [2.75, 3.05) is 20.1 Å². The minimum atomic E-state index is 0.578. The molecule has 2 unspecified atom stereocenters. The Morgan fingerprint density at radius 2 is 1.69 bits per heavy atom. The second-order valence-corrected chi connectivity index (χ2v) is 4.42. The molecular formula is C11H26N2. The third-order valence-corrected chi connectivity index (χ3v) is 2.60. The van der Waals surface area contributed by atoms with Crippen LogP contribution in [0.15, 0.2) is 0 Å². The molecular weight excluding hydrogens is 160 g/mol. The largest absolute Gasteiger partial charge is 0.313 e. The molecule has 80 valence electrons. The maximum Gasteiger partial charge on any atom is 0.0215 e. The van der Waals surface area contributed by atoms with Crippen molar-refractivity contribution < 1.29 is 0 Å². The lowest BCUT2D eigenvalue weighted by atomic mass is 10.1. The summed E-state index contributed by atoms with van der Waals surface area (Å²) in [6.07, 6.45) is 0. The summed E-state index contributed by atoms with van der Waals surface area (Å²) in [5, 5.41) is 3.46. The zero-order valence-corrected chi connectivity index (χ0v) is 10.1. The van der Waals surface area contributed by atoms with Crippen LogP contribution in [0.3, 0.4) is 0 Å². The van der Waals surface area contributed by atoms with Crippen LogP contribution in [0.25, 0.3) is 0 Å². The van der Waals surface area contributed by atoms with Gasteiger partial charge in [0.1, 0.15) is 0 Å². The molecule has 0 aromatic carbocycles. The van der Waals surface area contributed by atoms with Crippen LogP contribution in [0.1, 0.15) is 34.6 Å². The van der Waals surface area contributed by atoms with E-state index >= 15 is 0 Å². The molecule has 2 nitrogen and oxygen atoms in total. The number of hydrogen-bond acceptors (Lipinski definition) is 2. The number of nitrogens with zero attached hydrogens (tertiary/aromatic N) is 1. The van der Waals surface area contributed by atoms with E-state index in [0.717, 1.165) is 12.5 Å². The smallest absolute Gasteiger partial charge is 0.0215 e. The van der Waals surface area contributed by atoms with E-state index in [1.54, 1.807) is 0 Å². The maximum absolute atomic E-state index is 3.46. The van der Waals surface area contributed by atoms with Crippen molar-refractivity contribution in [3.8, 4) is 0 Å². The Morgan fingerprint density at radius 3 is 2.08 bits per heavy atom. The van der Waals surface area contributed by atoms with E-state index in [9.17, 15) is 0 Å². The molecule has 1 N–H and O–H groups in total. The van der Waals surface area contributed by atoms with E-state index in [1.165, 1.54) is 6.54 Å². The van der Waals surface area contributed by atoms with Crippen LogP contribution < -0.4 is 5.32 Å². The van der Waals surface area contributed by atoms with Crippen LogP contribution in [0.2, 0.25) is 0 Å². The Hall–Kier alpha value is -0.0800. The van der Waals surface area contributed by atoms with Crippen molar-refractivity contribution in [1.29, 1.82) is 0 Å². The molecule has 0 aliphatic carbocycles. The number of rotatable bonds is 6. The molecule has 0 aromatic heterocycles. The fraction of sp³-hybridized carbons (Fsp3) is 1.00. The van der Waals surface area contributed by atoms with Gasteiger partial charge in [0.25, 0.3) is 0 Å². The highest BCUT2D eigenvalue weighted by atomic mass is 15.2. The van der Waals surface area contributed by atoms with E-state index in [1.807, 2.05) is 0 Å². The van der Waals surface area contributed by atoms with Crippen molar-refractivity contribution >= 4 is 0 Å². The predicted octanol–water partition coefficient (Wildman–Crippen LogP) is 1.96. The molecule has 2 heteroatoms. The van der Waals surface area contributed by atoms with E-state index in [4.69, 9.17) is 0 Å². The molecule has 0 bridgehead atoms. The van der Waals surface area contributed by atoms with Crippen LogP contribution in [0.4, 0.5) is 0 Å². The molecule has 0 amide bonds. The lowest BCUT2D eigenvalue weighted by molar-refractivity contribution is 0.195. The Bertz CT molecular complexity index is 123. The summed E-state index contributed by atoms with van der Waals surface area (Å²) in [5.74, 6) is 0.751. The molecule has 0 spiro atoms. The standard InChI is InChI=1S/C11H26N2/c1-7-12-10(4)11(5)13(6)8-9(2)3/h9-12H,7-8H2,1-6H3. The van der Waals surface area contributed by atoms with Gasteiger partial charge in [-0.3, -0.25) is 0 Å². The SMILES string of the molecule is CCNC(C)C(C)N(C)CC(C)C. The van der Waals surface area contributed by atoms with Crippen molar-refractivity contribution in [3.63, 3.8) is 0 Å². The third kappa shape index (κ3) is 5.27. The second-order valence-electron chi connectivity index (χ2n) is 4.42. The molecule has 2 atom stereocenters. The van der Waals surface area contributed by atoms with Gasteiger partial charge in [0.05, 0.1) is 0 Å². The molecule has 0 saturated heterocycles. The summed E-state index contributed by atoms with van der Waals surface area (Å²) in [4.78, 5) is 2.43. The Kier molecular flexibility index (Phi) is 6.35. The van der Waals surface area contributed by atoms with Gasteiger partial charge in [0.2, 0.25) is 0 Å². The van der Waals surface area contributed by atoms with Gasteiger partial charge in [-0.15, -0.1) is 0 Å². The highest BCUT2D eigenvalue weighted by molar-refractivity contribution is 4.75. The molecule has 13 heavy (non-hydrogen) atoms. The minimum absolute atomic E-state index is 0.578. The zero-order chi connectivity index (χ0) is 10.4.